The van der Waals surface area contributed by atoms with Crippen LogP contribution in [-0.2, 0) is 4.79 Å². The first-order valence-corrected chi connectivity index (χ1v) is 5.56. The second kappa shape index (κ2) is 4.25. The summed E-state index contributed by atoms with van der Waals surface area (Å²) in [4.78, 5) is 27.1. The molecule has 96 valence electrons. The first kappa shape index (κ1) is 12.3. The number of aromatic nitrogens is 1. The minimum Gasteiger partial charge on any atom is -0.480 e. The molecular formula is C11H13N3O4. The van der Waals surface area contributed by atoms with Crippen LogP contribution in [0.5, 0.6) is 0 Å². The van der Waals surface area contributed by atoms with Crippen molar-refractivity contribution in [1.82, 2.24) is 4.98 Å². The Morgan fingerprint density at radius 2 is 2.39 bits per heavy atom. The molecule has 1 aliphatic rings. The summed E-state index contributed by atoms with van der Waals surface area (Å²) < 4.78 is 0. The number of carboxylic acids is 1. The first-order chi connectivity index (χ1) is 8.47. The Morgan fingerprint density at radius 1 is 1.67 bits per heavy atom. The molecule has 1 aliphatic heterocycles. The van der Waals surface area contributed by atoms with E-state index < -0.39 is 16.4 Å². The molecule has 1 N–H and O–H groups in total. The van der Waals surface area contributed by atoms with Crippen LogP contribution in [0.3, 0.4) is 0 Å². The normalized spacial score (nSPS) is 23.1. The third-order valence-corrected chi connectivity index (χ3v) is 3.37. The van der Waals surface area contributed by atoms with Gasteiger partial charge >= 0.3 is 11.7 Å². The lowest BCUT2D eigenvalue weighted by Gasteiger charge is -2.32. The molecule has 1 atom stereocenters. The van der Waals surface area contributed by atoms with Gasteiger partial charge in [0.15, 0.2) is 0 Å². The number of nitro groups is 1. The van der Waals surface area contributed by atoms with Crippen molar-refractivity contribution in [2.24, 2.45) is 0 Å². The summed E-state index contributed by atoms with van der Waals surface area (Å²) in [6.45, 7) is 2.08. The van der Waals surface area contributed by atoms with Gasteiger partial charge in [-0.15, -0.1) is 0 Å². The van der Waals surface area contributed by atoms with E-state index in [1.807, 2.05) is 0 Å². The van der Waals surface area contributed by atoms with Gasteiger partial charge in [-0.25, -0.2) is 4.79 Å². The van der Waals surface area contributed by atoms with Gasteiger partial charge in [-0.05, 0) is 25.8 Å². The van der Waals surface area contributed by atoms with Crippen LogP contribution in [-0.4, -0.2) is 33.1 Å². The molecule has 2 heterocycles. The van der Waals surface area contributed by atoms with Crippen molar-refractivity contribution in [2.45, 2.75) is 25.3 Å². The van der Waals surface area contributed by atoms with E-state index in [9.17, 15) is 20.0 Å². The van der Waals surface area contributed by atoms with Crippen LogP contribution >= 0.6 is 0 Å². The van der Waals surface area contributed by atoms with Crippen LogP contribution in [0.1, 0.15) is 19.8 Å². The van der Waals surface area contributed by atoms with E-state index in [4.69, 9.17) is 0 Å². The molecule has 2 rings (SSSR count). The second-order valence-corrected chi connectivity index (χ2v) is 4.46. The third kappa shape index (κ3) is 1.77. The first-order valence-electron chi connectivity index (χ1n) is 5.56. The molecule has 1 aromatic heterocycles. The number of rotatable bonds is 3. The lowest BCUT2D eigenvalue weighted by molar-refractivity contribution is -0.384. The van der Waals surface area contributed by atoms with Crippen molar-refractivity contribution < 1.29 is 14.8 Å². The van der Waals surface area contributed by atoms with Crippen molar-refractivity contribution in [1.29, 1.82) is 0 Å². The van der Waals surface area contributed by atoms with E-state index in [1.165, 1.54) is 12.3 Å². The van der Waals surface area contributed by atoms with Gasteiger partial charge in [0.05, 0.1) is 4.92 Å². The minimum atomic E-state index is -1.09. The number of carbonyl (C=O) groups is 1. The van der Waals surface area contributed by atoms with Crippen molar-refractivity contribution in [3.63, 3.8) is 0 Å². The lowest BCUT2D eigenvalue weighted by Crippen LogP contribution is -2.48. The smallest absolute Gasteiger partial charge is 0.329 e. The average Bonchev–Trinajstić information content (AvgIpc) is 2.72. The molecule has 0 bridgehead atoms. The van der Waals surface area contributed by atoms with Gasteiger partial charge in [-0.3, -0.25) is 15.1 Å². The number of anilines is 1. The highest BCUT2D eigenvalue weighted by Gasteiger charge is 2.45. The molecule has 1 saturated heterocycles. The van der Waals surface area contributed by atoms with Crippen molar-refractivity contribution in [2.75, 3.05) is 11.4 Å². The molecule has 1 unspecified atom stereocenters. The fourth-order valence-corrected chi connectivity index (χ4v) is 2.32. The van der Waals surface area contributed by atoms with Gasteiger partial charge in [0.25, 0.3) is 0 Å². The molecule has 0 radical (unpaired) electrons. The highest BCUT2D eigenvalue weighted by molar-refractivity contribution is 5.85. The zero-order chi connectivity index (χ0) is 13.3. The number of nitrogens with zero attached hydrogens (tertiary/aromatic N) is 3. The summed E-state index contributed by atoms with van der Waals surface area (Å²) in [5.74, 6) is -0.967. The van der Waals surface area contributed by atoms with E-state index in [-0.39, 0.29) is 5.69 Å². The maximum absolute atomic E-state index is 11.4. The Balaban J connectivity index is 2.49. The predicted octanol–water partition coefficient (Wildman–Crippen LogP) is 1.43. The summed E-state index contributed by atoms with van der Waals surface area (Å²) >= 11 is 0. The van der Waals surface area contributed by atoms with Crippen LogP contribution in [0.25, 0.3) is 0 Å². The van der Waals surface area contributed by atoms with Crippen molar-refractivity contribution in [3.05, 3.63) is 28.6 Å². The lowest BCUT2D eigenvalue weighted by atomic mass is 9.99. The fourth-order valence-electron chi connectivity index (χ4n) is 2.32. The molecule has 7 heteroatoms. The topological polar surface area (TPSA) is 96.6 Å². The number of aliphatic carboxylic acids is 1. The fraction of sp³-hybridized carbons (Fsp3) is 0.455. The predicted molar refractivity (Wildman–Crippen MR) is 63.5 cm³/mol. The average molecular weight is 251 g/mol. The Bertz CT molecular complexity index is 505. The van der Waals surface area contributed by atoms with Crippen molar-refractivity contribution >= 4 is 17.3 Å². The van der Waals surface area contributed by atoms with Crippen LogP contribution in [0.15, 0.2) is 18.5 Å². The van der Waals surface area contributed by atoms with Gasteiger partial charge in [-0.1, -0.05) is 0 Å². The number of pyridine rings is 1. The summed E-state index contributed by atoms with van der Waals surface area (Å²) in [5, 5.41) is 20.3. The highest BCUT2D eigenvalue weighted by atomic mass is 16.6. The van der Waals surface area contributed by atoms with Gasteiger partial charge in [-0.2, -0.15) is 0 Å². The Kier molecular flexibility index (Phi) is 2.90. The summed E-state index contributed by atoms with van der Waals surface area (Å²) in [5.41, 5.74) is -0.934. The van der Waals surface area contributed by atoms with Crippen LogP contribution in [0.2, 0.25) is 0 Å². The van der Waals surface area contributed by atoms with E-state index in [0.717, 1.165) is 6.20 Å². The number of carboxylic acid groups (broad SMARTS) is 1. The molecule has 18 heavy (non-hydrogen) atoms. The monoisotopic (exact) mass is 251 g/mol. The number of hydrogen-bond acceptors (Lipinski definition) is 5. The van der Waals surface area contributed by atoms with Crippen molar-refractivity contribution in [3.8, 4) is 0 Å². The standard InChI is InChI=1S/C11H13N3O4/c1-11(10(15)16)4-2-6-13(11)8-3-5-12-7-9(8)14(17)18/h3,5,7H,2,4,6H2,1H3,(H,15,16). The molecule has 0 saturated carbocycles. The van der Waals surface area contributed by atoms with Crippen LogP contribution in [0.4, 0.5) is 11.4 Å². The molecule has 0 amide bonds. The van der Waals surface area contributed by atoms with E-state index in [1.54, 1.807) is 11.8 Å². The second-order valence-electron chi connectivity index (χ2n) is 4.46. The third-order valence-electron chi connectivity index (χ3n) is 3.37. The Hall–Kier alpha value is -2.18. The largest absolute Gasteiger partial charge is 0.480 e. The molecule has 1 aromatic rings. The summed E-state index contributed by atoms with van der Waals surface area (Å²) in [6.07, 6.45) is 3.75. The molecule has 0 aromatic carbocycles. The quantitative estimate of drug-likeness (QED) is 0.644. The van der Waals surface area contributed by atoms with Crippen LogP contribution in [0, 0.1) is 10.1 Å². The molecule has 7 nitrogen and oxygen atoms in total. The van der Waals surface area contributed by atoms with Gasteiger partial charge in [0, 0.05) is 12.7 Å². The maximum atomic E-state index is 11.4. The molecular weight excluding hydrogens is 238 g/mol. The molecule has 1 fully saturated rings. The summed E-state index contributed by atoms with van der Waals surface area (Å²) in [7, 11) is 0. The van der Waals surface area contributed by atoms with Gasteiger partial charge in [0.2, 0.25) is 0 Å². The molecule has 0 spiro atoms. The zero-order valence-corrected chi connectivity index (χ0v) is 9.87. The SMILES string of the molecule is CC1(C(=O)O)CCCN1c1ccncc1[N+](=O)[O-]. The van der Waals surface area contributed by atoms with Crippen LogP contribution < -0.4 is 4.90 Å². The Labute approximate surface area is 103 Å². The van der Waals surface area contributed by atoms with E-state index >= 15 is 0 Å². The van der Waals surface area contributed by atoms with E-state index in [0.29, 0.717) is 25.1 Å². The highest BCUT2D eigenvalue weighted by Crippen LogP contribution is 2.38. The zero-order valence-electron chi connectivity index (χ0n) is 9.87. The minimum absolute atomic E-state index is 0.160. The maximum Gasteiger partial charge on any atom is 0.329 e. The summed E-state index contributed by atoms with van der Waals surface area (Å²) in [6, 6.07) is 1.49. The van der Waals surface area contributed by atoms with E-state index in [2.05, 4.69) is 4.98 Å². The molecule has 0 aliphatic carbocycles. The van der Waals surface area contributed by atoms with Gasteiger partial charge < -0.3 is 10.0 Å². The van der Waals surface area contributed by atoms with Gasteiger partial charge in [0.1, 0.15) is 17.4 Å². The Morgan fingerprint density at radius 3 is 3.00 bits per heavy atom. The number of hydrogen-bond donors (Lipinski definition) is 1.